The highest BCUT2D eigenvalue weighted by Gasteiger charge is 2.19. The van der Waals surface area contributed by atoms with Crippen LogP contribution in [-0.4, -0.2) is 46.2 Å². The monoisotopic (exact) mass is 400 g/mol. The fraction of sp³-hybridized carbons (Fsp3) is 0.182. The van der Waals surface area contributed by atoms with E-state index in [0.29, 0.717) is 30.2 Å². The number of rotatable bonds is 4. The van der Waals surface area contributed by atoms with Gasteiger partial charge in [0.2, 0.25) is 5.95 Å². The van der Waals surface area contributed by atoms with Gasteiger partial charge in [0.1, 0.15) is 11.5 Å². The van der Waals surface area contributed by atoms with E-state index in [0.717, 1.165) is 35.8 Å². The standard InChI is InChI=1S/C22H20N6O2/c23-22-26-20-19(21(27-22)28-10-12-29-13-11-28)25-18(14-24-20)15-6-8-17(9-7-15)30-16-4-2-1-3-5-16/h1-9,14H,10-13H2,(H2,23,24,26,27). The number of anilines is 2. The fourth-order valence-electron chi connectivity index (χ4n) is 3.36. The van der Waals surface area contributed by atoms with Crippen LogP contribution in [0.2, 0.25) is 0 Å². The Hall–Kier alpha value is -3.78. The van der Waals surface area contributed by atoms with Crippen molar-refractivity contribution >= 4 is 22.9 Å². The summed E-state index contributed by atoms with van der Waals surface area (Å²) in [5, 5.41) is 0. The molecule has 4 aromatic rings. The molecular formula is C22H20N6O2. The van der Waals surface area contributed by atoms with E-state index in [1.807, 2.05) is 54.6 Å². The Bertz CT molecular complexity index is 1160. The second-order valence-corrected chi connectivity index (χ2v) is 6.87. The average molecular weight is 400 g/mol. The SMILES string of the molecule is Nc1nc(N2CCOCC2)c2nc(-c3ccc(Oc4ccccc4)cc3)cnc2n1. The lowest BCUT2D eigenvalue weighted by Crippen LogP contribution is -2.37. The molecule has 0 bridgehead atoms. The molecule has 1 aliphatic heterocycles. The van der Waals surface area contributed by atoms with Gasteiger partial charge in [-0.2, -0.15) is 9.97 Å². The van der Waals surface area contributed by atoms with Gasteiger partial charge in [-0.1, -0.05) is 18.2 Å². The first-order valence-corrected chi connectivity index (χ1v) is 9.72. The lowest BCUT2D eigenvalue weighted by atomic mass is 10.1. The van der Waals surface area contributed by atoms with Gasteiger partial charge in [-0.3, -0.25) is 0 Å². The van der Waals surface area contributed by atoms with Crippen molar-refractivity contribution in [1.29, 1.82) is 0 Å². The molecule has 30 heavy (non-hydrogen) atoms. The molecule has 0 atom stereocenters. The molecule has 150 valence electrons. The normalized spacial score (nSPS) is 14.1. The largest absolute Gasteiger partial charge is 0.457 e. The van der Waals surface area contributed by atoms with E-state index in [-0.39, 0.29) is 5.95 Å². The summed E-state index contributed by atoms with van der Waals surface area (Å²) in [5.41, 5.74) is 8.67. The Labute approximate surface area is 173 Å². The van der Waals surface area contributed by atoms with Crippen molar-refractivity contribution in [3.8, 4) is 22.8 Å². The van der Waals surface area contributed by atoms with Crippen LogP contribution in [0.1, 0.15) is 0 Å². The van der Waals surface area contributed by atoms with Crippen molar-refractivity contribution in [3.63, 3.8) is 0 Å². The summed E-state index contributed by atoms with van der Waals surface area (Å²) in [6.45, 7) is 2.73. The molecule has 0 aliphatic carbocycles. The summed E-state index contributed by atoms with van der Waals surface area (Å²) < 4.78 is 11.3. The number of ether oxygens (including phenoxy) is 2. The summed E-state index contributed by atoms with van der Waals surface area (Å²) >= 11 is 0. The number of aromatic nitrogens is 4. The van der Waals surface area contributed by atoms with Gasteiger partial charge < -0.3 is 20.1 Å². The minimum atomic E-state index is 0.188. The smallest absolute Gasteiger partial charge is 0.224 e. The maximum Gasteiger partial charge on any atom is 0.224 e. The summed E-state index contributed by atoms with van der Waals surface area (Å²) in [4.78, 5) is 20.1. The Kier molecular flexibility index (Phi) is 4.82. The average Bonchev–Trinajstić information content (AvgIpc) is 2.80. The van der Waals surface area contributed by atoms with Crippen molar-refractivity contribution in [3.05, 3.63) is 60.8 Å². The van der Waals surface area contributed by atoms with Crippen molar-refractivity contribution < 1.29 is 9.47 Å². The van der Waals surface area contributed by atoms with E-state index >= 15 is 0 Å². The number of nitrogens with two attached hydrogens (primary N) is 1. The minimum absolute atomic E-state index is 0.188. The van der Waals surface area contributed by atoms with Crippen molar-refractivity contribution in [2.75, 3.05) is 36.9 Å². The van der Waals surface area contributed by atoms with Crippen molar-refractivity contribution in [1.82, 2.24) is 19.9 Å². The predicted octanol–water partition coefficient (Wildman–Crippen LogP) is 3.30. The minimum Gasteiger partial charge on any atom is -0.457 e. The fourth-order valence-corrected chi connectivity index (χ4v) is 3.36. The van der Waals surface area contributed by atoms with Crippen LogP contribution in [0, 0.1) is 0 Å². The Morgan fingerprint density at radius 3 is 2.37 bits per heavy atom. The van der Waals surface area contributed by atoms with E-state index < -0.39 is 0 Å². The van der Waals surface area contributed by atoms with Crippen LogP contribution in [0.3, 0.4) is 0 Å². The number of fused-ring (bicyclic) bond motifs is 1. The van der Waals surface area contributed by atoms with Gasteiger partial charge in [-0.25, -0.2) is 9.97 Å². The molecule has 0 saturated carbocycles. The first-order valence-electron chi connectivity index (χ1n) is 9.72. The molecule has 1 fully saturated rings. The maximum absolute atomic E-state index is 5.90. The van der Waals surface area contributed by atoms with Crippen LogP contribution >= 0.6 is 0 Å². The third kappa shape index (κ3) is 3.72. The zero-order valence-electron chi connectivity index (χ0n) is 16.2. The summed E-state index contributed by atoms with van der Waals surface area (Å²) in [6.07, 6.45) is 1.70. The third-order valence-electron chi connectivity index (χ3n) is 4.85. The van der Waals surface area contributed by atoms with Crippen LogP contribution in [0.5, 0.6) is 11.5 Å². The number of hydrogen-bond donors (Lipinski definition) is 1. The van der Waals surface area contributed by atoms with Gasteiger partial charge >= 0.3 is 0 Å². The van der Waals surface area contributed by atoms with E-state index in [9.17, 15) is 0 Å². The maximum atomic E-state index is 5.90. The molecule has 0 amide bonds. The van der Waals surface area contributed by atoms with Gasteiger partial charge in [0.05, 0.1) is 25.1 Å². The van der Waals surface area contributed by atoms with Gasteiger partial charge in [0, 0.05) is 18.7 Å². The second-order valence-electron chi connectivity index (χ2n) is 6.87. The molecule has 1 saturated heterocycles. The van der Waals surface area contributed by atoms with Crippen LogP contribution in [0.25, 0.3) is 22.4 Å². The van der Waals surface area contributed by atoms with Crippen LogP contribution in [0.4, 0.5) is 11.8 Å². The van der Waals surface area contributed by atoms with Crippen LogP contribution < -0.4 is 15.4 Å². The highest BCUT2D eigenvalue weighted by atomic mass is 16.5. The van der Waals surface area contributed by atoms with E-state index in [4.69, 9.17) is 20.2 Å². The number of benzene rings is 2. The van der Waals surface area contributed by atoms with Gasteiger partial charge in [0.15, 0.2) is 17.0 Å². The second kappa shape index (κ2) is 7.92. The number of morpholine rings is 1. The van der Waals surface area contributed by atoms with Crippen molar-refractivity contribution in [2.45, 2.75) is 0 Å². The Balaban J connectivity index is 1.47. The van der Waals surface area contributed by atoms with E-state index in [2.05, 4.69) is 19.9 Å². The lowest BCUT2D eigenvalue weighted by molar-refractivity contribution is 0.122. The molecule has 2 aromatic heterocycles. The number of hydrogen-bond acceptors (Lipinski definition) is 8. The van der Waals surface area contributed by atoms with Crippen LogP contribution in [0.15, 0.2) is 60.8 Å². The van der Waals surface area contributed by atoms with Gasteiger partial charge in [-0.15, -0.1) is 0 Å². The third-order valence-corrected chi connectivity index (χ3v) is 4.85. The molecule has 8 nitrogen and oxygen atoms in total. The quantitative estimate of drug-likeness (QED) is 0.557. The summed E-state index contributed by atoms with van der Waals surface area (Å²) in [6, 6.07) is 17.4. The van der Waals surface area contributed by atoms with E-state index in [1.54, 1.807) is 6.20 Å². The molecule has 2 N–H and O–H groups in total. The first-order chi connectivity index (χ1) is 14.8. The zero-order valence-corrected chi connectivity index (χ0v) is 16.2. The molecule has 1 aliphatic rings. The molecular weight excluding hydrogens is 380 g/mol. The molecule has 0 unspecified atom stereocenters. The first kappa shape index (κ1) is 18.3. The summed E-state index contributed by atoms with van der Waals surface area (Å²) in [7, 11) is 0. The molecule has 0 spiro atoms. The van der Waals surface area contributed by atoms with Gasteiger partial charge in [-0.05, 0) is 36.4 Å². The number of nitrogen functional groups attached to an aromatic ring is 1. The molecule has 0 radical (unpaired) electrons. The van der Waals surface area contributed by atoms with Gasteiger partial charge in [0.25, 0.3) is 0 Å². The van der Waals surface area contributed by atoms with E-state index in [1.165, 1.54) is 0 Å². The zero-order chi connectivity index (χ0) is 20.3. The summed E-state index contributed by atoms with van der Waals surface area (Å²) in [5.74, 6) is 2.43. The predicted molar refractivity (Wildman–Crippen MR) is 115 cm³/mol. The highest BCUT2D eigenvalue weighted by Crippen LogP contribution is 2.28. The molecule has 5 rings (SSSR count). The Morgan fingerprint density at radius 2 is 1.60 bits per heavy atom. The lowest BCUT2D eigenvalue weighted by Gasteiger charge is -2.28. The molecule has 8 heteroatoms. The number of para-hydroxylation sites is 1. The Morgan fingerprint density at radius 1 is 0.867 bits per heavy atom. The molecule has 2 aromatic carbocycles. The topological polar surface area (TPSA) is 99.3 Å². The highest BCUT2D eigenvalue weighted by molar-refractivity contribution is 5.85. The van der Waals surface area contributed by atoms with Crippen molar-refractivity contribution in [2.24, 2.45) is 0 Å². The van der Waals surface area contributed by atoms with Crippen LogP contribution in [-0.2, 0) is 4.74 Å². The molecule has 3 heterocycles. The number of nitrogens with zero attached hydrogens (tertiary/aromatic N) is 5.